The third-order valence-corrected chi connectivity index (χ3v) is 3.05. The summed E-state index contributed by atoms with van der Waals surface area (Å²) >= 11 is 0. The second kappa shape index (κ2) is 6.57. The molecule has 2 rings (SSSR count). The fourth-order valence-electron chi connectivity index (χ4n) is 2.10. The van der Waals surface area contributed by atoms with Gasteiger partial charge < -0.3 is 14.8 Å². The Morgan fingerprint density at radius 1 is 1.37 bits per heavy atom. The Bertz CT molecular complexity index is 443. The van der Waals surface area contributed by atoms with E-state index in [9.17, 15) is 4.79 Å². The van der Waals surface area contributed by atoms with Crippen molar-refractivity contribution in [2.45, 2.75) is 32.8 Å². The lowest BCUT2D eigenvalue weighted by Crippen LogP contribution is -2.15. The number of hydrogen-bond donors (Lipinski definition) is 1. The van der Waals surface area contributed by atoms with Crippen molar-refractivity contribution in [3.05, 3.63) is 29.3 Å². The maximum absolute atomic E-state index is 11.9. The topological polar surface area (TPSA) is 47.6 Å². The largest absolute Gasteiger partial charge is 0.460 e. The van der Waals surface area contributed by atoms with Crippen LogP contribution in [0.4, 0.5) is 5.69 Å². The summed E-state index contributed by atoms with van der Waals surface area (Å²) in [6.45, 7) is 5.65. The summed E-state index contributed by atoms with van der Waals surface area (Å²) in [6, 6.07) is 5.69. The number of ether oxygens (including phenoxy) is 2. The number of nitrogens with one attached hydrogen (secondary N) is 1. The Morgan fingerprint density at radius 3 is 3.00 bits per heavy atom. The first-order valence-electron chi connectivity index (χ1n) is 6.82. The highest BCUT2D eigenvalue weighted by Crippen LogP contribution is 2.23. The molecule has 1 aliphatic rings. The lowest BCUT2D eigenvalue weighted by atomic mass is 10.0. The van der Waals surface area contributed by atoms with Crippen LogP contribution < -0.4 is 5.32 Å². The van der Waals surface area contributed by atoms with Crippen molar-refractivity contribution in [3.8, 4) is 0 Å². The lowest BCUT2D eigenvalue weighted by molar-refractivity contribution is 0.0177. The van der Waals surface area contributed by atoms with Gasteiger partial charge in [0.1, 0.15) is 6.61 Å². The number of carbonyl (C=O) groups excluding carboxylic acids is 1. The first-order valence-corrected chi connectivity index (χ1v) is 6.82. The fraction of sp³-hybridized carbons (Fsp3) is 0.533. The van der Waals surface area contributed by atoms with Crippen LogP contribution in [0.2, 0.25) is 0 Å². The van der Waals surface area contributed by atoms with Gasteiger partial charge in [0.15, 0.2) is 0 Å². The minimum absolute atomic E-state index is 0.161. The van der Waals surface area contributed by atoms with Gasteiger partial charge in [-0.25, -0.2) is 4.79 Å². The Hall–Kier alpha value is -1.55. The fourth-order valence-corrected chi connectivity index (χ4v) is 2.10. The maximum atomic E-state index is 11.9. The molecule has 0 unspecified atom stereocenters. The molecule has 0 atom stereocenters. The second-order valence-electron chi connectivity index (χ2n) is 4.96. The van der Waals surface area contributed by atoms with Crippen molar-refractivity contribution in [2.75, 3.05) is 25.1 Å². The van der Waals surface area contributed by atoms with E-state index >= 15 is 0 Å². The van der Waals surface area contributed by atoms with Gasteiger partial charge in [0, 0.05) is 12.2 Å². The van der Waals surface area contributed by atoms with Crippen LogP contribution >= 0.6 is 0 Å². The molecule has 1 heterocycles. The van der Waals surface area contributed by atoms with Crippen LogP contribution in [0.3, 0.4) is 0 Å². The molecular weight excluding hydrogens is 242 g/mol. The molecule has 1 aromatic carbocycles. The van der Waals surface area contributed by atoms with Gasteiger partial charge in [-0.3, -0.25) is 0 Å². The monoisotopic (exact) mass is 263 g/mol. The van der Waals surface area contributed by atoms with Crippen LogP contribution in [-0.2, 0) is 15.9 Å². The van der Waals surface area contributed by atoms with Crippen molar-refractivity contribution in [1.82, 2.24) is 0 Å². The highest BCUT2D eigenvalue weighted by atomic mass is 16.6. The van der Waals surface area contributed by atoms with Gasteiger partial charge >= 0.3 is 5.97 Å². The van der Waals surface area contributed by atoms with Gasteiger partial charge in [-0.15, -0.1) is 0 Å². The maximum Gasteiger partial charge on any atom is 0.338 e. The van der Waals surface area contributed by atoms with Crippen LogP contribution in [0, 0.1) is 0 Å². The molecule has 0 aromatic heterocycles. The molecular formula is C15H21NO3. The molecule has 0 saturated carbocycles. The Labute approximate surface area is 114 Å². The van der Waals surface area contributed by atoms with Gasteiger partial charge in [-0.1, -0.05) is 0 Å². The summed E-state index contributed by atoms with van der Waals surface area (Å²) in [5, 5.41) is 3.32. The SMILES string of the molecule is CC(C)OCCOC(=O)c1ccc2c(c1)CCCN2. The standard InChI is InChI=1S/C15H21NO3/c1-11(2)18-8-9-19-15(17)13-5-6-14-12(10-13)4-3-7-16-14/h5-6,10-11,16H,3-4,7-9H2,1-2H3. The van der Waals surface area contributed by atoms with E-state index in [4.69, 9.17) is 9.47 Å². The predicted octanol–water partition coefficient (Wildman–Crippen LogP) is 2.63. The molecule has 0 spiro atoms. The molecule has 0 saturated heterocycles. The van der Waals surface area contributed by atoms with Gasteiger partial charge in [0.05, 0.1) is 18.3 Å². The number of hydrogen-bond acceptors (Lipinski definition) is 4. The second-order valence-corrected chi connectivity index (χ2v) is 4.96. The van der Waals surface area contributed by atoms with Crippen LogP contribution in [0.25, 0.3) is 0 Å². The quantitative estimate of drug-likeness (QED) is 0.655. The molecule has 0 bridgehead atoms. The summed E-state index contributed by atoms with van der Waals surface area (Å²) in [5.74, 6) is -0.277. The number of esters is 1. The average Bonchev–Trinajstić information content (AvgIpc) is 2.42. The molecule has 1 aliphatic heterocycles. The van der Waals surface area contributed by atoms with Crippen LogP contribution in [-0.4, -0.2) is 31.8 Å². The smallest absolute Gasteiger partial charge is 0.338 e. The highest BCUT2D eigenvalue weighted by molar-refractivity contribution is 5.90. The Balaban J connectivity index is 1.88. The van der Waals surface area contributed by atoms with E-state index in [1.165, 1.54) is 5.56 Å². The van der Waals surface area contributed by atoms with E-state index < -0.39 is 0 Å². The molecule has 19 heavy (non-hydrogen) atoms. The van der Waals surface area contributed by atoms with Gasteiger partial charge in [0.25, 0.3) is 0 Å². The number of fused-ring (bicyclic) bond motifs is 1. The van der Waals surface area contributed by atoms with Gasteiger partial charge in [0.2, 0.25) is 0 Å². The zero-order chi connectivity index (χ0) is 13.7. The van der Waals surface area contributed by atoms with E-state index in [0.29, 0.717) is 18.8 Å². The van der Waals surface area contributed by atoms with Crippen molar-refractivity contribution in [1.29, 1.82) is 0 Å². The minimum atomic E-state index is -0.277. The van der Waals surface area contributed by atoms with Crippen LogP contribution in [0.5, 0.6) is 0 Å². The molecule has 1 aromatic rings. The molecule has 4 nitrogen and oxygen atoms in total. The van der Waals surface area contributed by atoms with Gasteiger partial charge in [-0.05, 0) is 50.5 Å². The first-order chi connectivity index (χ1) is 9.16. The summed E-state index contributed by atoms with van der Waals surface area (Å²) in [7, 11) is 0. The highest BCUT2D eigenvalue weighted by Gasteiger charge is 2.13. The Kier molecular flexibility index (Phi) is 4.80. The van der Waals surface area contributed by atoms with Crippen molar-refractivity contribution in [3.63, 3.8) is 0 Å². The van der Waals surface area contributed by atoms with Crippen molar-refractivity contribution >= 4 is 11.7 Å². The summed E-state index contributed by atoms with van der Waals surface area (Å²) in [5.41, 5.74) is 2.94. The summed E-state index contributed by atoms with van der Waals surface area (Å²) < 4.78 is 10.5. The van der Waals surface area contributed by atoms with Crippen molar-refractivity contribution in [2.24, 2.45) is 0 Å². The third kappa shape index (κ3) is 3.96. The molecule has 0 fully saturated rings. The molecule has 0 amide bonds. The third-order valence-electron chi connectivity index (χ3n) is 3.05. The average molecular weight is 263 g/mol. The summed E-state index contributed by atoms with van der Waals surface area (Å²) in [6.07, 6.45) is 2.28. The number of rotatable bonds is 5. The lowest BCUT2D eigenvalue weighted by Gasteiger charge is -2.18. The molecule has 0 radical (unpaired) electrons. The van der Waals surface area contributed by atoms with Crippen LogP contribution in [0.15, 0.2) is 18.2 Å². The molecule has 0 aliphatic carbocycles. The van der Waals surface area contributed by atoms with E-state index in [1.54, 1.807) is 0 Å². The molecule has 4 heteroatoms. The molecule has 104 valence electrons. The van der Waals surface area contributed by atoms with E-state index in [2.05, 4.69) is 5.32 Å². The normalized spacial score (nSPS) is 13.8. The van der Waals surface area contributed by atoms with Gasteiger partial charge in [-0.2, -0.15) is 0 Å². The number of aryl methyl sites for hydroxylation is 1. The van der Waals surface area contributed by atoms with Crippen molar-refractivity contribution < 1.29 is 14.3 Å². The summed E-state index contributed by atoms with van der Waals surface area (Å²) in [4.78, 5) is 11.9. The first kappa shape index (κ1) is 13.9. The minimum Gasteiger partial charge on any atom is -0.460 e. The van der Waals surface area contributed by atoms with E-state index in [-0.39, 0.29) is 12.1 Å². The molecule has 1 N–H and O–H groups in total. The van der Waals surface area contributed by atoms with E-state index in [1.807, 2.05) is 32.0 Å². The van der Waals surface area contributed by atoms with E-state index in [0.717, 1.165) is 25.1 Å². The van der Waals surface area contributed by atoms with Crippen LogP contribution in [0.1, 0.15) is 36.2 Å². The predicted molar refractivity (Wildman–Crippen MR) is 74.6 cm³/mol. The number of anilines is 1. The Morgan fingerprint density at radius 2 is 2.21 bits per heavy atom. The number of benzene rings is 1. The zero-order valence-electron chi connectivity index (χ0n) is 11.6. The zero-order valence-corrected chi connectivity index (χ0v) is 11.6. The number of carbonyl (C=O) groups is 1.